The molecule has 3 aliphatic rings. The van der Waals surface area contributed by atoms with E-state index in [0.29, 0.717) is 41.7 Å². The van der Waals surface area contributed by atoms with Gasteiger partial charge in [0.05, 0.1) is 19.3 Å². The molecule has 2 saturated heterocycles. The molecule has 2 amide bonds. The van der Waals surface area contributed by atoms with Crippen molar-refractivity contribution in [1.82, 2.24) is 9.80 Å². The van der Waals surface area contributed by atoms with Gasteiger partial charge in [0.2, 0.25) is 5.91 Å². The van der Waals surface area contributed by atoms with E-state index in [4.69, 9.17) is 19.9 Å². The normalized spacial score (nSPS) is 21.8. The quantitative estimate of drug-likeness (QED) is 0.450. The first kappa shape index (κ1) is 28.1. The topological polar surface area (TPSA) is 111 Å². The van der Waals surface area contributed by atoms with E-state index in [1.165, 1.54) is 10.5 Å². The molecule has 214 valence electrons. The maximum atomic E-state index is 13.2. The van der Waals surface area contributed by atoms with Crippen LogP contribution in [0.3, 0.4) is 0 Å². The van der Waals surface area contributed by atoms with E-state index < -0.39 is 23.5 Å². The molecule has 0 aliphatic carbocycles. The fourth-order valence-electron chi connectivity index (χ4n) is 5.96. The third-order valence-corrected chi connectivity index (χ3v) is 8.00. The van der Waals surface area contributed by atoms with E-state index in [2.05, 4.69) is 36.1 Å². The molecule has 3 unspecified atom stereocenters. The van der Waals surface area contributed by atoms with Crippen LogP contribution < -0.4 is 10.5 Å². The van der Waals surface area contributed by atoms with E-state index in [9.17, 15) is 14.4 Å². The van der Waals surface area contributed by atoms with Gasteiger partial charge in [-0.3, -0.25) is 19.3 Å². The van der Waals surface area contributed by atoms with Crippen LogP contribution in [0.1, 0.15) is 80.0 Å². The van der Waals surface area contributed by atoms with Gasteiger partial charge in [0.1, 0.15) is 24.0 Å². The summed E-state index contributed by atoms with van der Waals surface area (Å²) in [4.78, 5) is 41.7. The van der Waals surface area contributed by atoms with Gasteiger partial charge in [-0.25, -0.2) is 0 Å². The van der Waals surface area contributed by atoms with Crippen LogP contribution in [0.15, 0.2) is 42.5 Å². The van der Waals surface area contributed by atoms with E-state index in [1.54, 1.807) is 32.9 Å². The Morgan fingerprint density at radius 2 is 1.90 bits per heavy atom. The van der Waals surface area contributed by atoms with Crippen molar-refractivity contribution in [2.75, 3.05) is 13.2 Å². The fourth-order valence-corrected chi connectivity index (χ4v) is 5.96. The Kier molecular flexibility index (Phi) is 7.88. The van der Waals surface area contributed by atoms with Gasteiger partial charge in [0.25, 0.3) is 5.91 Å². The maximum absolute atomic E-state index is 13.2. The molecule has 40 heavy (non-hydrogen) atoms. The number of primary amides is 1. The number of benzene rings is 2. The number of rotatable bonds is 10. The van der Waals surface area contributed by atoms with E-state index in [1.807, 2.05) is 6.07 Å². The Labute approximate surface area is 235 Å². The summed E-state index contributed by atoms with van der Waals surface area (Å²) in [7, 11) is 0. The molecule has 2 aromatic rings. The summed E-state index contributed by atoms with van der Waals surface area (Å²) in [5.74, 6) is -0.799. The van der Waals surface area contributed by atoms with Gasteiger partial charge >= 0.3 is 5.97 Å². The number of carbonyl (C=O) groups is 3. The third kappa shape index (κ3) is 6.00. The highest BCUT2D eigenvalue weighted by atomic mass is 16.6. The molecule has 2 bridgehead atoms. The summed E-state index contributed by atoms with van der Waals surface area (Å²) < 4.78 is 17.3. The number of nitrogens with zero attached hydrogens (tertiary/aromatic N) is 2. The lowest BCUT2D eigenvalue weighted by atomic mass is 10.0. The van der Waals surface area contributed by atoms with Crippen molar-refractivity contribution in [2.45, 2.75) is 89.9 Å². The number of carbonyl (C=O) groups excluding carboxylic acids is 3. The van der Waals surface area contributed by atoms with Crippen LogP contribution in [-0.4, -0.2) is 64.5 Å². The van der Waals surface area contributed by atoms with Gasteiger partial charge < -0.3 is 24.8 Å². The Balaban J connectivity index is 1.21. The van der Waals surface area contributed by atoms with Crippen molar-refractivity contribution in [3.8, 4) is 5.75 Å². The van der Waals surface area contributed by atoms with Crippen molar-refractivity contribution < 1.29 is 28.6 Å². The highest BCUT2D eigenvalue weighted by molar-refractivity contribution is 6.01. The van der Waals surface area contributed by atoms with Crippen LogP contribution in [0.25, 0.3) is 0 Å². The number of ether oxygens (including phenoxy) is 3. The molecule has 0 saturated carbocycles. The van der Waals surface area contributed by atoms with Crippen LogP contribution in [0.4, 0.5) is 0 Å². The summed E-state index contributed by atoms with van der Waals surface area (Å²) in [5.41, 5.74) is 8.52. The van der Waals surface area contributed by atoms with Crippen LogP contribution >= 0.6 is 0 Å². The lowest BCUT2D eigenvalue weighted by Crippen LogP contribution is -2.45. The zero-order chi connectivity index (χ0) is 28.6. The van der Waals surface area contributed by atoms with Crippen molar-refractivity contribution in [2.24, 2.45) is 5.73 Å². The van der Waals surface area contributed by atoms with Crippen LogP contribution in [-0.2, 0) is 32.2 Å². The number of likely N-dealkylation sites (tertiary alicyclic amines) is 1. The number of hydrogen-bond acceptors (Lipinski definition) is 7. The minimum Gasteiger partial charge on any atom is -0.489 e. The first-order valence-electron chi connectivity index (χ1n) is 14.0. The predicted octanol–water partition coefficient (Wildman–Crippen LogP) is 3.73. The number of esters is 1. The number of morpholine rings is 1. The average Bonchev–Trinajstić information content (AvgIpc) is 3.62. The molecule has 5 rings (SSSR count). The van der Waals surface area contributed by atoms with E-state index in [0.717, 1.165) is 25.1 Å². The van der Waals surface area contributed by atoms with Gasteiger partial charge in [-0.15, -0.1) is 0 Å². The lowest BCUT2D eigenvalue weighted by Gasteiger charge is -2.32. The maximum Gasteiger partial charge on any atom is 0.306 e. The second kappa shape index (κ2) is 11.2. The molecule has 0 aromatic heterocycles. The summed E-state index contributed by atoms with van der Waals surface area (Å²) in [6.45, 7) is 9.93. The van der Waals surface area contributed by atoms with Gasteiger partial charge in [-0.1, -0.05) is 30.3 Å². The van der Waals surface area contributed by atoms with Gasteiger partial charge in [0, 0.05) is 36.2 Å². The Bertz CT molecular complexity index is 1270. The average molecular weight is 550 g/mol. The number of nitrogens with two attached hydrogens (primary N) is 1. The molecule has 2 aromatic carbocycles. The van der Waals surface area contributed by atoms with Crippen LogP contribution in [0, 0.1) is 0 Å². The highest BCUT2D eigenvalue weighted by Gasteiger charge is 2.41. The molecular formula is C31H39N3O6. The summed E-state index contributed by atoms with van der Waals surface area (Å²) in [6.07, 6.45) is 1.58. The minimum atomic E-state index is -0.924. The second-order valence-electron chi connectivity index (χ2n) is 12.0. The highest BCUT2D eigenvalue weighted by Crippen LogP contribution is 2.36. The molecule has 2 N–H and O–H groups in total. The van der Waals surface area contributed by atoms with Gasteiger partial charge in [-0.05, 0) is 63.8 Å². The molecule has 9 heteroatoms. The monoisotopic (exact) mass is 549 g/mol. The van der Waals surface area contributed by atoms with Crippen molar-refractivity contribution in [1.29, 1.82) is 0 Å². The Morgan fingerprint density at radius 1 is 1.15 bits per heavy atom. The first-order valence-corrected chi connectivity index (χ1v) is 14.0. The van der Waals surface area contributed by atoms with Gasteiger partial charge in [-0.2, -0.15) is 0 Å². The summed E-state index contributed by atoms with van der Waals surface area (Å²) >= 11 is 0. The molecular weight excluding hydrogens is 510 g/mol. The molecule has 0 spiro atoms. The summed E-state index contributed by atoms with van der Waals surface area (Å²) in [6, 6.07) is 13.7. The van der Waals surface area contributed by atoms with E-state index in [-0.39, 0.29) is 25.3 Å². The number of amides is 2. The third-order valence-electron chi connectivity index (χ3n) is 8.00. The Morgan fingerprint density at radius 3 is 2.52 bits per heavy atom. The van der Waals surface area contributed by atoms with Crippen molar-refractivity contribution in [3.63, 3.8) is 0 Å². The predicted molar refractivity (Wildman–Crippen MR) is 148 cm³/mol. The molecule has 2 fully saturated rings. The van der Waals surface area contributed by atoms with Crippen LogP contribution in [0.5, 0.6) is 5.75 Å². The lowest BCUT2D eigenvalue weighted by molar-refractivity contribution is -0.155. The first-order chi connectivity index (χ1) is 19.0. The Hall–Kier alpha value is -3.43. The minimum absolute atomic E-state index is 0.0181. The number of fused-ring (bicyclic) bond motifs is 3. The fraction of sp³-hybridized carbons (Fsp3) is 0.516. The van der Waals surface area contributed by atoms with E-state index >= 15 is 0 Å². The smallest absolute Gasteiger partial charge is 0.306 e. The molecule has 3 aliphatic heterocycles. The van der Waals surface area contributed by atoms with Crippen molar-refractivity contribution >= 4 is 17.8 Å². The second-order valence-corrected chi connectivity index (χ2v) is 12.0. The largest absolute Gasteiger partial charge is 0.489 e. The standard InChI is InChI=1S/C31H39N3O6/c1-19(33-15-23-14-22(33)18-38-23)21-10-8-20(9-11-21)17-39-27-7-5-6-24-25(27)16-34(30(24)37)26(29(32)36)12-13-28(35)40-31(2,3)4/h5-11,19,22-23,26H,12-18H2,1-4H3,(H2,32,36)/t19?,22?,23?,26-/m0/s1. The van der Waals surface area contributed by atoms with Gasteiger partial charge in [0.15, 0.2) is 0 Å². The zero-order valence-corrected chi connectivity index (χ0v) is 23.7. The number of hydrogen-bond donors (Lipinski definition) is 1. The molecule has 4 atom stereocenters. The van der Waals surface area contributed by atoms with Crippen LogP contribution in [0.2, 0.25) is 0 Å². The molecule has 0 radical (unpaired) electrons. The molecule has 9 nitrogen and oxygen atoms in total. The SMILES string of the molecule is CC(c1ccc(COc2cccc3c2CN([C@@H](CCC(=O)OC(C)(C)C)C(N)=O)C3=O)cc1)N1CC2CC1CO2. The van der Waals surface area contributed by atoms with Crippen molar-refractivity contribution in [3.05, 3.63) is 64.7 Å². The summed E-state index contributed by atoms with van der Waals surface area (Å²) in [5, 5.41) is 0. The molecule has 3 heterocycles. The zero-order valence-electron chi connectivity index (χ0n) is 23.7.